The third-order valence-corrected chi connectivity index (χ3v) is 3.19. The summed E-state index contributed by atoms with van der Waals surface area (Å²) in [6, 6.07) is 9.53. The van der Waals surface area contributed by atoms with Crippen LogP contribution in [0.5, 0.6) is 0 Å². The maximum absolute atomic E-state index is 9.21. The van der Waals surface area contributed by atoms with Gasteiger partial charge in [0.2, 0.25) is 0 Å². The maximum atomic E-state index is 9.21. The number of rotatable bonds is 3. The number of benzene rings is 1. The minimum Gasteiger partial charge on any atom is -0.381 e. The minimum absolute atomic E-state index is 0.214. The molecule has 0 aromatic heterocycles. The van der Waals surface area contributed by atoms with E-state index in [4.69, 9.17) is 16.3 Å². The fourth-order valence-corrected chi connectivity index (χ4v) is 2.23. The van der Waals surface area contributed by atoms with Crippen molar-refractivity contribution in [3.05, 3.63) is 29.3 Å². The van der Waals surface area contributed by atoms with E-state index in [1.807, 2.05) is 24.3 Å². The minimum atomic E-state index is -0.214. The van der Waals surface area contributed by atoms with Crippen molar-refractivity contribution < 1.29 is 4.74 Å². The molecule has 2 rings (SSSR count). The lowest BCUT2D eigenvalue weighted by Gasteiger charge is -2.27. The Hall–Kier alpha value is -1.24. The van der Waals surface area contributed by atoms with Crippen molar-refractivity contribution in [2.45, 2.75) is 18.9 Å². The van der Waals surface area contributed by atoms with Gasteiger partial charge in [-0.2, -0.15) is 5.26 Å². The molecule has 2 unspecified atom stereocenters. The van der Waals surface area contributed by atoms with E-state index in [0.717, 1.165) is 25.1 Å². The van der Waals surface area contributed by atoms with Crippen LogP contribution in [-0.2, 0) is 4.74 Å². The lowest BCUT2D eigenvalue weighted by molar-refractivity contribution is 0.0532. The van der Waals surface area contributed by atoms with Crippen LogP contribution in [0.3, 0.4) is 0 Å². The van der Waals surface area contributed by atoms with Crippen molar-refractivity contribution in [1.82, 2.24) is 0 Å². The third kappa shape index (κ3) is 3.36. The largest absolute Gasteiger partial charge is 0.381 e. The molecule has 0 amide bonds. The number of halogens is 1. The Balaban J connectivity index is 2.02. The average molecular weight is 251 g/mol. The summed E-state index contributed by atoms with van der Waals surface area (Å²) in [7, 11) is 0. The first-order chi connectivity index (χ1) is 8.29. The van der Waals surface area contributed by atoms with Crippen LogP contribution < -0.4 is 5.32 Å². The van der Waals surface area contributed by atoms with E-state index in [0.29, 0.717) is 11.6 Å². The molecule has 1 aromatic rings. The highest BCUT2D eigenvalue weighted by atomic mass is 35.5. The van der Waals surface area contributed by atoms with Gasteiger partial charge in [-0.1, -0.05) is 17.7 Å². The standard InChI is InChI=1S/C13H15ClN2O/c14-11-4-1-5-12(7-11)16-13(8-15)10-3-2-6-17-9-10/h1,4-5,7,10,13,16H,2-3,6,9H2. The zero-order chi connectivity index (χ0) is 12.1. The molecule has 1 heterocycles. The molecule has 90 valence electrons. The number of nitrogens with zero attached hydrogens (tertiary/aromatic N) is 1. The van der Waals surface area contributed by atoms with Gasteiger partial charge in [-0.3, -0.25) is 0 Å². The number of ether oxygens (including phenoxy) is 1. The zero-order valence-electron chi connectivity index (χ0n) is 9.53. The van der Waals surface area contributed by atoms with Gasteiger partial charge in [0.15, 0.2) is 0 Å². The van der Waals surface area contributed by atoms with Gasteiger partial charge in [0.25, 0.3) is 0 Å². The van der Waals surface area contributed by atoms with Crippen molar-refractivity contribution in [2.75, 3.05) is 18.5 Å². The van der Waals surface area contributed by atoms with Crippen LogP contribution in [0.25, 0.3) is 0 Å². The van der Waals surface area contributed by atoms with Gasteiger partial charge in [0.05, 0.1) is 12.7 Å². The van der Waals surface area contributed by atoms with Crippen molar-refractivity contribution in [1.29, 1.82) is 5.26 Å². The van der Waals surface area contributed by atoms with Gasteiger partial charge >= 0.3 is 0 Å². The molecule has 1 aliphatic heterocycles. The molecule has 2 atom stereocenters. The summed E-state index contributed by atoms with van der Waals surface area (Å²) in [6.07, 6.45) is 2.06. The highest BCUT2D eigenvalue weighted by Gasteiger charge is 2.23. The van der Waals surface area contributed by atoms with Crippen molar-refractivity contribution >= 4 is 17.3 Å². The van der Waals surface area contributed by atoms with E-state index in [2.05, 4.69) is 11.4 Å². The van der Waals surface area contributed by atoms with Crippen LogP contribution in [0.1, 0.15) is 12.8 Å². The first kappa shape index (κ1) is 12.2. The summed E-state index contributed by atoms with van der Waals surface area (Å²) in [6.45, 7) is 1.47. The molecular weight excluding hydrogens is 236 g/mol. The Kier molecular flexibility index (Phi) is 4.24. The molecule has 1 aromatic carbocycles. The van der Waals surface area contributed by atoms with E-state index in [9.17, 15) is 5.26 Å². The number of hydrogen-bond acceptors (Lipinski definition) is 3. The van der Waals surface area contributed by atoms with E-state index in [-0.39, 0.29) is 12.0 Å². The van der Waals surface area contributed by atoms with Crippen LogP contribution in [-0.4, -0.2) is 19.3 Å². The van der Waals surface area contributed by atoms with E-state index < -0.39 is 0 Å². The second-order valence-electron chi connectivity index (χ2n) is 4.24. The Morgan fingerprint density at radius 1 is 1.53 bits per heavy atom. The Bertz CT molecular complexity index is 410. The molecule has 3 nitrogen and oxygen atoms in total. The van der Waals surface area contributed by atoms with E-state index in [1.165, 1.54) is 0 Å². The molecule has 1 saturated heterocycles. The monoisotopic (exact) mass is 250 g/mol. The van der Waals surface area contributed by atoms with Gasteiger partial charge in [-0.25, -0.2) is 0 Å². The molecule has 4 heteroatoms. The Morgan fingerprint density at radius 3 is 3.06 bits per heavy atom. The van der Waals surface area contributed by atoms with E-state index >= 15 is 0 Å². The van der Waals surface area contributed by atoms with Gasteiger partial charge in [-0.15, -0.1) is 0 Å². The fraction of sp³-hybridized carbons (Fsp3) is 0.462. The van der Waals surface area contributed by atoms with Crippen LogP contribution in [0.2, 0.25) is 5.02 Å². The second kappa shape index (κ2) is 5.90. The van der Waals surface area contributed by atoms with Crippen LogP contribution in [0.15, 0.2) is 24.3 Å². The number of hydrogen-bond donors (Lipinski definition) is 1. The molecule has 1 aliphatic rings. The molecule has 0 aliphatic carbocycles. The molecule has 0 radical (unpaired) electrons. The van der Waals surface area contributed by atoms with Crippen molar-refractivity contribution in [3.63, 3.8) is 0 Å². The van der Waals surface area contributed by atoms with Crippen LogP contribution >= 0.6 is 11.6 Å². The van der Waals surface area contributed by atoms with Crippen molar-refractivity contribution in [2.24, 2.45) is 5.92 Å². The first-order valence-electron chi connectivity index (χ1n) is 5.79. The average Bonchev–Trinajstić information content (AvgIpc) is 2.37. The van der Waals surface area contributed by atoms with Gasteiger partial charge < -0.3 is 10.1 Å². The predicted octanol–water partition coefficient (Wildman–Crippen LogP) is 3.07. The summed E-state index contributed by atoms with van der Waals surface area (Å²) in [5.41, 5.74) is 0.884. The first-order valence-corrected chi connectivity index (χ1v) is 6.17. The fourth-order valence-electron chi connectivity index (χ4n) is 2.04. The lowest BCUT2D eigenvalue weighted by Crippen LogP contribution is -2.33. The molecule has 0 spiro atoms. The normalized spacial score (nSPS) is 21.5. The molecule has 17 heavy (non-hydrogen) atoms. The molecule has 0 saturated carbocycles. The third-order valence-electron chi connectivity index (χ3n) is 2.95. The Labute approximate surface area is 106 Å². The van der Waals surface area contributed by atoms with Crippen LogP contribution in [0, 0.1) is 17.2 Å². The van der Waals surface area contributed by atoms with E-state index in [1.54, 1.807) is 0 Å². The topological polar surface area (TPSA) is 45.0 Å². The van der Waals surface area contributed by atoms with Gasteiger partial charge in [-0.05, 0) is 31.0 Å². The molecular formula is C13H15ClN2O. The summed E-state index contributed by atoms with van der Waals surface area (Å²) < 4.78 is 5.41. The number of nitriles is 1. The van der Waals surface area contributed by atoms with Gasteiger partial charge in [0, 0.05) is 23.2 Å². The predicted molar refractivity (Wildman–Crippen MR) is 68.0 cm³/mol. The zero-order valence-corrected chi connectivity index (χ0v) is 10.3. The highest BCUT2D eigenvalue weighted by Crippen LogP contribution is 2.22. The summed E-state index contributed by atoms with van der Waals surface area (Å²) in [4.78, 5) is 0. The summed E-state index contributed by atoms with van der Waals surface area (Å²) in [5, 5.41) is 13.1. The van der Waals surface area contributed by atoms with Crippen LogP contribution in [0.4, 0.5) is 5.69 Å². The SMILES string of the molecule is N#CC(Nc1cccc(Cl)c1)C1CCCOC1. The second-order valence-corrected chi connectivity index (χ2v) is 4.68. The number of nitrogens with one attached hydrogen (secondary N) is 1. The lowest BCUT2D eigenvalue weighted by atomic mass is 9.94. The summed E-state index contributed by atoms with van der Waals surface area (Å²) >= 11 is 5.91. The highest BCUT2D eigenvalue weighted by molar-refractivity contribution is 6.30. The quantitative estimate of drug-likeness (QED) is 0.897. The number of anilines is 1. The molecule has 1 fully saturated rings. The van der Waals surface area contributed by atoms with Gasteiger partial charge in [0.1, 0.15) is 6.04 Å². The Morgan fingerprint density at radius 2 is 2.41 bits per heavy atom. The summed E-state index contributed by atoms with van der Waals surface area (Å²) in [5.74, 6) is 0.257. The van der Waals surface area contributed by atoms with Crippen molar-refractivity contribution in [3.8, 4) is 6.07 Å². The maximum Gasteiger partial charge on any atom is 0.119 e. The smallest absolute Gasteiger partial charge is 0.119 e. The molecule has 1 N–H and O–H groups in total. The molecule has 0 bridgehead atoms.